The van der Waals surface area contributed by atoms with E-state index in [2.05, 4.69) is 10.6 Å². The molecule has 2 N–H and O–H groups in total. The zero-order valence-corrected chi connectivity index (χ0v) is 14.9. The highest BCUT2D eigenvalue weighted by Gasteiger charge is 2.33. The molecule has 1 heterocycles. The van der Waals surface area contributed by atoms with E-state index >= 15 is 0 Å². The summed E-state index contributed by atoms with van der Waals surface area (Å²) in [6.07, 6.45) is 0.578. The minimum atomic E-state index is -0.527. The van der Waals surface area contributed by atoms with Crippen LogP contribution in [0, 0.1) is 13.8 Å². The molecule has 0 aliphatic carbocycles. The highest BCUT2D eigenvalue weighted by Crippen LogP contribution is 2.24. The van der Waals surface area contributed by atoms with Gasteiger partial charge in [-0.05, 0) is 50.1 Å². The van der Waals surface area contributed by atoms with Crippen LogP contribution < -0.4 is 15.5 Å². The van der Waals surface area contributed by atoms with Gasteiger partial charge in [-0.1, -0.05) is 35.4 Å². The Morgan fingerprint density at radius 3 is 2.60 bits per heavy atom. The fraction of sp³-hybridized carbons (Fsp3) is 0.263. The van der Waals surface area contributed by atoms with Crippen molar-refractivity contribution < 1.29 is 9.59 Å². The van der Waals surface area contributed by atoms with Crippen LogP contribution in [0.5, 0.6) is 0 Å². The molecule has 130 valence electrons. The molecule has 0 bridgehead atoms. The van der Waals surface area contributed by atoms with Crippen molar-refractivity contribution in [2.24, 2.45) is 0 Å². The lowest BCUT2D eigenvalue weighted by Gasteiger charge is -2.18. The fourth-order valence-corrected chi connectivity index (χ4v) is 3.03. The average Bonchev–Trinajstić information content (AvgIpc) is 2.93. The quantitative estimate of drug-likeness (QED) is 0.875. The van der Waals surface area contributed by atoms with Crippen LogP contribution in [0.1, 0.15) is 17.5 Å². The van der Waals surface area contributed by atoms with Gasteiger partial charge in [0, 0.05) is 22.9 Å². The number of urea groups is 1. The Morgan fingerprint density at radius 1 is 1.16 bits per heavy atom. The second kappa shape index (κ2) is 7.15. The smallest absolute Gasteiger partial charge is 0.319 e. The van der Waals surface area contributed by atoms with E-state index in [4.69, 9.17) is 11.6 Å². The van der Waals surface area contributed by atoms with Crippen molar-refractivity contribution in [1.29, 1.82) is 0 Å². The lowest BCUT2D eigenvalue weighted by atomic mass is 10.2. The molecule has 0 saturated carbocycles. The molecule has 0 aromatic heterocycles. The van der Waals surface area contributed by atoms with Crippen LogP contribution in [0.15, 0.2) is 42.5 Å². The SMILES string of the molecule is Cc1ccc(N2CC[C@H](NC(=O)Nc3cccc(Cl)c3C)C2=O)cc1. The van der Waals surface area contributed by atoms with Crippen molar-refractivity contribution in [2.75, 3.05) is 16.8 Å². The number of halogens is 1. The van der Waals surface area contributed by atoms with Gasteiger partial charge >= 0.3 is 6.03 Å². The minimum absolute atomic E-state index is 0.0955. The normalized spacial score (nSPS) is 16.8. The van der Waals surface area contributed by atoms with Gasteiger partial charge < -0.3 is 15.5 Å². The van der Waals surface area contributed by atoms with Gasteiger partial charge in [-0.15, -0.1) is 0 Å². The first kappa shape index (κ1) is 17.3. The van der Waals surface area contributed by atoms with Gasteiger partial charge in [0.25, 0.3) is 0 Å². The number of amides is 3. The number of anilines is 2. The largest absolute Gasteiger partial charge is 0.326 e. The van der Waals surface area contributed by atoms with E-state index < -0.39 is 12.1 Å². The Kier molecular flexibility index (Phi) is 4.95. The van der Waals surface area contributed by atoms with Gasteiger partial charge in [0.05, 0.1) is 0 Å². The molecule has 1 fully saturated rings. The van der Waals surface area contributed by atoms with Crippen LogP contribution in [0.3, 0.4) is 0 Å². The third kappa shape index (κ3) is 3.77. The lowest BCUT2D eigenvalue weighted by Crippen LogP contribution is -2.43. The van der Waals surface area contributed by atoms with Gasteiger partial charge in [0.15, 0.2) is 0 Å². The lowest BCUT2D eigenvalue weighted by molar-refractivity contribution is -0.118. The highest BCUT2D eigenvalue weighted by molar-refractivity contribution is 6.31. The van der Waals surface area contributed by atoms with E-state index in [0.717, 1.165) is 16.8 Å². The van der Waals surface area contributed by atoms with Crippen LogP contribution in [-0.2, 0) is 4.79 Å². The monoisotopic (exact) mass is 357 g/mol. The second-order valence-corrected chi connectivity index (χ2v) is 6.58. The van der Waals surface area contributed by atoms with Crippen molar-refractivity contribution in [1.82, 2.24) is 5.32 Å². The third-order valence-corrected chi connectivity index (χ3v) is 4.78. The van der Waals surface area contributed by atoms with Crippen molar-refractivity contribution in [2.45, 2.75) is 26.3 Å². The molecular weight excluding hydrogens is 338 g/mol. The summed E-state index contributed by atoms with van der Waals surface area (Å²) >= 11 is 6.06. The standard InChI is InChI=1S/C19H20ClN3O2/c1-12-6-8-14(9-7-12)23-11-10-17(18(23)24)22-19(25)21-16-5-3-4-15(20)13(16)2/h3-9,17H,10-11H2,1-2H3,(H2,21,22,25)/t17-/m0/s1. The van der Waals surface area contributed by atoms with Crippen molar-refractivity contribution in [3.05, 3.63) is 58.6 Å². The summed E-state index contributed by atoms with van der Waals surface area (Å²) in [6, 6.07) is 12.2. The molecule has 0 spiro atoms. The summed E-state index contributed by atoms with van der Waals surface area (Å²) in [5, 5.41) is 6.09. The minimum Gasteiger partial charge on any atom is -0.326 e. The first-order valence-corrected chi connectivity index (χ1v) is 8.54. The van der Waals surface area contributed by atoms with Crippen molar-refractivity contribution in [3.63, 3.8) is 0 Å². The second-order valence-electron chi connectivity index (χ2n) is 6.18. The van der Waals surface area contributed by atoms with Crippen LogP contribution in [-0.4, -0.2) is 24.5 Å². The Bertz CT molecular complexity index is 805. The van der Waals surface area contributed by atoms with E-state index in [-0.39, 0.29) is 5.91 Å². The van der Waals surface area contributed by atoms with Crippen LogP contribution in [0.2, 0.25) is 5.02 Å². The maximum atomic E-state index is 12.6. The van der Waals surface area contributed by atoms with Gasteiger partial charge in [-0.3, -0.25) is 4.79 Å². The molecule has 2 aromatic rings. The molecule has 1 atom stereocenters. The molecule has 2 aromatic carbocycles. The van der Waals surface area contributed by atoms with E-state index in [9.17, 15) is 9.59 Å². The molecule has 5 nitrogen and oxygen atoms in total. The Labute approximate surface area is 152 Å². The summed E-state index contributed by atoms with van der Waals surface area (Å²) in [5.74, 6) is -0.0955. The maximum absolute atomic E-state index is 12.6. The molecule has 3 amide bonds. The number of nitrogens with zero attached hydrogens (tertiary/aromatic N) is 1. The molecule has 3 rings (SSSR count). The molecule has 0 unspecified atom stereocenters. The first-order chi connectivity index (χ1) is 12.0. The summed E-state index contributed by atoms with van der Waals surface area (Å²) in [5.41, 5.74) is 3.41. The highest BCUT2D eigenvalue weighted by atomic mass is 35.5. The predicted octanol–water partition coefficient (Wildman–Crippen LogP) is 3.88. The van der Waals surface area contributed by atoms with Gasteiger partial charge in [0.2, 0.25) is 5.91 Å². The molecule has 25 heavy (non-hydrogen) atoms. The zero-order chi connectivity index (χ0) is 18.0. The first-order valence-electron chi connectivity index (χ1n) is 8.16. The van der Waals surface area contributed by atoms with Crippen molar-refractivity contribution >= 4 is 34.9 Å². The van der Waals surface area contributed by atoms with Crippen LogP contribution >= 0.6 is 11.6 Å². The average molecular weight is 358 g/mol. The number of aryl methyl sites for hydroxylation is 1. The fourth-order valence-electron chi connectivity index (χ4n) is 2.85. The Balaban J connectivity index is 1.63. The number of hydrogen-bond donors (Lipinski definition) is 2. The zero-order valence-electron chi connectivity index (χ0n) is 14.2. The van der Waals surface area contributed by atoms with E-state index in [0.29, 0.717) is 23.7 Å². The van der Waals surface area contributed by atoms with E-state index in [1.807, 2.05) is 38.1 Å². The summed E-state index contributed by atoms with van der Waals surface area (Å²) in [6.45, 7) is 4.42. The Morgan fingerprint density at radius 2 is 1.88 bits per heavy atom. The number of nitrogens with one attached hydrogen (secondary N) is 2. The predicted molar refractivity (Wildman–Crippen MR) is 100 cm³/mol. The van der Waals surface area contributed by atoms with Crippen LogP contribution in [0.25, 0.3) is 0 Å². The summed E-state index contributed by atoms with van der Waals surface area (Å²) < 4.78 is 0. The summed E-state index contributed by atoms with van der Waals surface area (Å²) in [4.78, 5) is 26.5. The molecule has 0 radical (unpaired) electrons. The van der Waals surface area contributed by atoms with Gasteiger partial charge in [0.1, 0.15) is 6.04 Å². The number of benzene rings is 2. The number of hydrogen-bond acceptors (Lipinski definition) is 2. The van der Waals surface area contributed by atoms with E-state index in [1.54, 1.807) is 23.1 Å². The summed E-state index contributed by atoms with van der Waals surface area (Å²) in [7, 11) is 0. The number of carbonyl (C=O) groups is 2. The maximum Gasteiger partial charge on any atom is 0.319 e. The van der Waals surface area contributed by atoms with Gasteiger partial charge in [-0.2, -0.15) is 0 Å². The molecule has 1 aliphatic rings. The van der Waals surface area contributed by atoms with Crippen LogP contribution in [0.4, 0.5) is 16.2 Å². The van der Waals surface area contributed by atoms with E-state index in [1.165, 1.54) is 0 Å². The van der Waals surface area contributed by atoms with Gasteiger partial charge in [-0.25, -0.2) is 4.79 Å². The molecule has 1 aliphatic heterocycles. The van der Waals surface area contributed by atoms with Crippen molar-refractivity contribution in [3.8, 4) is 0 Å². The third-order valence-electron chi connectivity index (χ3n) is 4.37. The Hall–Kier alpha value is -2.53. The molecule has 1 saturated heterocycles. The topological polar surface area (TPSA) is 61.4 Å². The number of carbonyl (C=O) groups excluding carboxylic acids is 2. The molecule has 6 heteroatoms. The number of rotatable bonds is 3. The molecular formula is C19H20ClN3O2.